The number of hydrogen-bond acceptors (Lipinski definition) is 5. The number of carbonyl (C=O) groups is 1. The zero-order chi connectivity index (χ0) is 17.5. The minimum atomic E-state index is -0.192. The van der Waals surface area contributed by atoms with Gasteiger partial charge >= 0.3 is 0 Å². The number of nitrogens with one attached hydrogen (secondary N) is 1. The van der Waals surface area contributed by atoms with Gasteiger partial charge in [-0.25, -0.2) is 9.97 Å². The average molecular weight is 324 g/mol. The summed E-state index contributed by atoms with van der Waals surface area (Å²) >= 11 is 0. The number of amides is 1. The quantitative estimate of drug-likeness (QED) is 0.882. The van der Waals surface area contributed by atoms with E-state index in [1.165, 1.54) is 13.3 Å². The minimum absolute atomic E-state index is 0.123. The number of aromatic nitrogens is 2. The molecule has 0 spiro atoms. The van der Waals surface area contributed by atoms with Crippen molar-refractivity contribution in [3.63, 3.8) is 0 Å². The molecule has 0 unspecified atom stereocenters. The van der Waals surface area contributed by atoms with E-state index in [0.29, 0.717) is 17.0 Å². The highest BCUT2D eigenvalue weighted by Crippen LogP contribution is 2.25. The first kappa shape index (κ1) is 17.4. The molecule has 2 heterocycles. The number of pyridine rings is 2. The van der Waals surface area contributed by atoms with E-state index in [-0.39, 0.29) is 17.6 Å². The van der Waals surface area contributed by atoms with Gasteiger partial charge in [0.2, 0.25) is 5.88 Å². The summed E-state index contributed by atoms with van der Waals surface area (Å²) in [6.07, 6.45) is 4.74. The second-order valence-electron chi connectivity index (χ2n) is 5.31. The van der Waals surface area contributed by atoms with Gasteiger partial charge < -0.3 is 10.1 Å². The molecule has 0 bridgehead atoms. The van der Waals surface area contributed by atoms with Crippen molar-refractivity contribution in [3.05, 3.63) is 41.9 Å². The van der Waals surface area contributed by atoms with E-state index in [1.54, 1.807) is 24.4 Å². The van der Waals surface area contributed by atoms with E-state index in [9.17, 15) is 10.1 Å². The van der Waals surface area contributed by atoms with Crippen LogP contribution in [0.3, 0.4) is 0 Å². The molecule has 0 aliphatic heterocycles. The van der Waals surface area contributed by atoms with Gasteiger partial charge in [0.1, 0.15) is 11.8 Å². The lowest BCUT2D eigenvalue weighted by molar-refractivity contribution is 0.0934. The molecule has 2 aromatic rings. The van der Waals surface area contributed by atoms with Gasteiger partial charge in [-0.1, -0.05) is 13.8 Å². The molecule has 124 valence electrons. The van der Waals surface area contributed by atoms with E-state index < -0.39 is 0 Å². The molecule has 2 aromatic heterocycles. The molecule has 0 saturated carbocycles. The predicted molar refractivity (Wildman–Crippen MR) is 90.6 cm³/mol. The molecule has 6 heteroatoms. The Kier molecular flexibility index (Phi) is 5.85. The minimum Gasteiger partial charge on any atom is -0.481 e. The molecule has 1 amide bonds. The van der Waals surface area contributed by atoms with Crippen LogP contribution in [0.1, 0.15) is 42.7 Å². The van der Waals surface area contributed by atoms with Crippen molar-refractivity contribution in [1.29, 1.82) is 5.26 Å². The van der Waals surface area contributed by atoms with E-state index >= 15 is 0 Å². The second kappa shape index (κ2) is 8.06. The van der Waals surface area contributed by atoms with Crippen molar-refractivity contribution in [2.75, 3.05) is 7.11 Å². The fraction of sp³-hybridized carbons (Fsp3) is 0.333. The van der Waals surface area contributed by atoms with Crippen molar-refractivity contribution >= 4 is 5.91 Å². The lowest BCUT2D eigenvalue weighted by atomic mass is 10.0. The smallest absolute Gasteiger partial charge is 0.253 e. The Morgan fingerprint density at radius 3 is 2.71 bits per heavy atom. The van der Waals surface area contributed by atoms with Crippen molar-refractivity contribution < 1.29 is 9.53 Å². The van der Waals surface area contributed by atoms with Crippen LogP contribution in [0.25, 0.3) is 11.1 Å². The number of carbonyl (C=O) groups excluding carboxylic acids is 1. The number of rotatable bonds is 6. The third-order valence-electron chi connectivity index (χ3n) is 3.83. The molecular weight excluding hydrogens is 304 g/mol. The zero-order valence-corrected chi connectivity index (χ0v) is 14.0. The number of nitrogens with zero attached hydrogens (tertiary/aromatic N) is 3. The highest BCUT2D eigenvalue weighted by molar-refractivity contribution is 5.95. The second-order valence-corrected chi connectivity index (χ2v) is 5.31. The van der Waals surface area contributed by atoms with Crippen molar-refractivity contribution in [2.45, 2.75) is 32.7 Å². The fourth-order valence-corrected chi connectivity index (χ4v) is 2.35. The summed E-state index contributed by atoms with van der Waals surface area (Å²) in [5, 5.41) is 12.3. The Bertz CT molecular complexity index is 764. The molecule has 0 atom stereocenters. The van der Waals surface area contributed by atoms with Crippen LogP contribution in [-0.4, -0.2) is 29.0 Å². The van der Waals surface area contributed by atoms with Gasteiger partial charge in [0.15, 0.2) is 0 Å². The molecule has 24 heavy (non-hydrogen) atoms. The summed E-state index contributed by atoms with van der Waals surface area (Å²) in [7, 11) is 1.52. The lowest BCUT2D eigenvalue weighted by Crippen LogP contribution is -2.33. The average Bonchev–Trinajstić information content (AvgIpc) is 2.65. The summed E-state index contributed by atoms with van der Waals surface area (Å²) in [6.45, 7) is 4.06. The monoisotopic (exact) mass is 324 g/mol. The normalized spacial score (nSPS) is 10.3. The van der Waals surface area contributed by atoms with Crippen LogP contribution in [0.4, 0.5) is 0 Å². The maximum atomic E-state index is 12.4. The summed E-state index contributed by atoms with van der Waals surface area (Å²) in [5.74, 6) is 0.242. The van der Waals surface area contributed by atoms with Crippen LogP contribution in [0.5, 0.6) is 5.88 Å². The molecule has 2 rings (SSSR count). The fourth-order valence-electron chi connectivity index (χ4n) is 2.35. The molecule has 0 saturated heterocycles. The van der Waals surface area contributed by atoms with Crippen LogP contribution >= 0.6 is 0 Å². The summed E-state index contributed by atoms with van der Waals surface area (Å²) in [5.41, 5.74) is 1.98. The Hall–Kier alpha value is -2.94. The largest absolute Gasteiger partial charge is 0.481 e. The van der Waals surface area contributed by atoms with Gasteiger partial charge in [-0.15, -0.1) is 0 Å². The molecule has 0 fully saturated rings. The van der Waals surface area contributed by atoms with Crippen molar-refractivity contribution in [3.8, 4) is 23.1 Å². The standard InChI is InChI=1S/C18H20N4O2/c1-4-14(5-2)22-18(23)13-8-15(16(10-19)21-11-13)12-6-7-20-17(9-12)24-3/h6-9,11,14H,4-5H2,1-3H3,(H,22,23). The molecule has 1 N–H and O–H groups in total. The summed E-state index contributed by atoms with van der Waals surface area (Å²) in [4.78, 5) is 20.6. The first-order valence-corrected chi connectivity index (χ1v) is 7.84. The van der Waals surface area contributed by atoms with Crippen LogP contribution < -0.4 is 10.1 Å². The first-order valence-electron chi connectivity index (χ1n) is 7.84. The van der Waals surface area contributed by atoms with Crippen molar-refractivity contribution in [1.82, 2.24) is 15.3 Å². The number of ether oxygens (including phenoxy) is 1. The van der Waals surface area contributed by atoms with E-state index in [0.717, 1.165) is 18.4 Å². The molecule has 0 aromatic carbocycles. The molecule has 0 aliphatic carbocycles. The molecule has 0 radical (unpaired) electrons. The Balaban J connectivity index is 2.41. The predicted octanol–water partition coefficient (Wildman–Crippen LogP) is 2.94. The zero-order valence-electron chi connectivity index (χ0n) is 14.0. The van der Waals surface area contributed by atoms with E-state index in [2.05, 4.69) is 21.4 Å². The molecular formula is C18H20N4O2. The topological polar surface area (TPSA) is 87.9 Å². The molecule has 0 aliphatic rings. The van der Waals surface area contributed by atoms with Gasteiger partial charge in [-0.05, 0) is 30.5 Å². The maximum absolute atomic E-state index is 12.4. The van der Waals surface area contributed by atoms with Crippen molar-refractivity contribution in [2.24, 2.45) is 0 Å². The van der Waals surface area contributed by atoms with E-state index in [4.69, 9.17) is 4.74 Å². The van der Waals surface area contributed by atoms with Crippen LogP contribution in [0, 0.1) is 11.3 Å². The molecule has 6 nitrogen and oxygen atoms in total. The van der Waals surface area contributed by atoms with Gasteiger partial charge in [0, 0.05) is 30.1 Å². The third-order valence-corrected chi connectivity index (χ3v) is 3.83. The first-order chi connectivity index (χ1) is 11.6. The third kappa shape index (κ3) is 3.87. The van der Waals surface area contributed by atoms with Gasteiger partial charge in [-0.2, -0.15) is 5.26 Å². The number of methoxy groups -OCH3 is 1. The van der Waals surface area contributed by atoms with Gasteiger partial charge in [0.05, 0.1) is 12.7 Å². The highest BCUT2D eigenvalue weighted by atomic mass is 16.5. The van der Waals surface area contributed by atoms with Gasteiger partial charge in [0.25, 0.3) is 5.91 Å². The Morgan fingerprint density at radius 1 is 1.33 bits per heavy atom. The van der Waals surface area contributed by atoms with Crippen LogP contribution in [0.15, 0.2) is 30.6 Å². The van der Waals surface area contributed by atoms with Crippen LogP contribution in [-0.2, 0) is 0 Å². The summed E-state index contributed by atoms with van der Waals surface area (Å²) in [6, 6.07) is 7.32. The van der Waals surface area contributed by atoms with Gasteiger partial charge in [-0.3, -0.25) is 4.79 Å². The number of hydrogen-bond donors (Lipinski definition) is 1. The lowest BCUT2D eigenvalue weighted by Gasteiger charge is -2.15. The summed E-state index contributed by atoms with van der Waals surface area (Å²) < 4.78 is 5.12. The van der Waals surface area contributed by atoms with E-state index in [1.807, 2.05) is 13.8 Å². The Labute approximate surface area is 141 Å². The van der Waals surface area contributed by atoms with Crippen LogP contribution in [0.2, 0.25) is 0 Å². The SMILES string of the molecule is CCC(CC)NC(=O)c1cnc(C#N)c(-c2ccnc(OC)c2)c1. The highest BCUT2D eigenvalue weighted by Gasteiger charge is 2.15. The maximum Gasteiger partial charge on any atom is 0.253 e. The number of nitriles is 1. The Morgan fingerprint density at radius 2 is 2.08 bits per heavy atom.